The first-order chi connectivity index (χ1) is 14.9. The van der Waals surface area contributed by atoms with Gasteiger partial charge in [-0.1, -0.05) is 29.8 Å². The number of hydrogen-bond acceptors (Lipinski definition) is 5. The van der Waals surface area contributed by atoms with E-state index in [9.17, 15) is 14.4 Å². The molecule has 1 fully saturated rings. The molecule has 3 aromatic rings. The lowest BCUT2D eigenvalue weighted by Gasteiger charge is -2.34. The van der Waals surface area contributed by atoms with Crippen LogP contribution in [0.15, 0.2) is 51.7 Å². The maximum absolute atomic E-state index is 13.3. The molecule has 1 aromatic heterocycles. The van der Waals surface area contributed by atoms with E-state index in [-0.39, 0.29) is 27.9 Å². The molecule has 2 aromatic carbocycles. The first kappa shape index (κ1) is 19.6. The second kappa shape index (κ2) is 7.42. The zero-order chi connectivity index (χ0) is 21.7. The van der Waals surface area contributed by atoms with Crippen molar-refractivity contribution >= 4 is 40.1 Å². The minimum absolute atomic E-state index is 0.0127. The number of rotatable bonds is 4. The van der Waals surface area contributed by atoms with Gasteiger partial charge >= 0.3 is 5.97 Å². The van der Waals surface area contributed by atoms with E-state index >= 15 is 0 Å². The maximum Gasteiger partial charge on any atom is 0.306 e. The van der Waals surface area contributed by atoms with E-state index in [0.717, 1.165) is 0 Å². The third-order valence-corrected chi connectivity index (χ3v) is 6.18. The summed E-state index contributed by atoms with van der Waals surface area (Å²) in [6.45, 7) is 0.297. The van der Waals surface area contributed by atoms with Gasteiger partial charge < -0.3 is 19.2 Å². The number of fused-ring (bicyclic) bond motifs is 2. The lowest BCUT2D eigenvalue weighted by atomic mass is 9.82. The number of carboxylic acid groups (broad SMARTS) is 1. The van der Waals surface area contributed by atoms with Gasteiger partial charge in [-0.05, 0) is 43.5 Å². The Morgan fingerprint density at radius 1 is 1.13 bits per heavy atom. The number of ether oxygens (including phenoxy) is 1. The third-order valence-electron chi connectivity index (χ3n) is 5.88. The van der Waals surface area contributed by atoms with Gasteiger partial charge in [0.05, 0.1) is 27.6 Å². The molecule has 0 radical (unpaired) electrons. The van der Waals surface area contributed by atoms with Gasteiger partial charge in [-0.2, -0.15) is 0 Å². The number of halogens is 1. The van der Waals surface area contributed by atoms with Gasteiger partial charge in [0.1, 0.15) is 11.9 Å². The van der Waals surface area contributed by atoms with Crippen molar-refractivity contribution in [1.82, 2.24) is 0 Å². The van der Waals surface area contributed by atoms with Crippen LogP contribution in [0.3, 0.4) is 0 Å². The summed E-state index contributed by atoms with van der Waals surface area (Å²) in [5.74, 6) is -1.17. The largest absolute Gasteiger partial charge is 0.488 e. The number of hydrogen-bond donors (Lipinski definition) is 1. The van der Waals surface area contributed by atoms with E-state index in [2.05, 4.69) is 0 Å². The van der Waals surface area contributed by atoms with Gasteiger partial charge in [0.2, 0.25) is 0 Å². The van der Waals surface area contributed by atoms with Crippen molar-refractivity contribution in [2.45, 2.75) is 25.4 Å². The summed E-state index contributed by atoms with van der Waals surface area (Å²) in [4.78, 5) is 38.8. The van der Waals surface area contributed by atoms with Crippen molar-refractivity contribution in [2.75, 3.05) is 11.4 Å². The fourth-order valence-corrected chi connectivity index (χ4v) is 4.33. The summed E-state index contributed by atoms with van der Waals surface area (Å²) in [5, 5.41) is 9.69. The number of anilines is 1. The van der Waals surface area contributed by atoms with Crippen LogP contribution in [0.5, 0.6) is 5.75 Å². The Labute approximate surface area is 181 Å². The van der Waals surface area contributed by atoms with Crippen molar-refractivity contribution < 1.29 is 23.8 Å². The van der Waals surface area contributed by atoms with Crippen LogP contribution in [0.25, 0.3) is 11.0 Å². The van der Waals surface area contributed by atoms with Gasteiger partial charge in [-0.15, -0.1) is 0 Å². The Morgan fingerprint density at radius 3 is 2.68 bits per heavy atom. The Bertz CT molecular complexity index is 1280. The zero-order valence-corrected chi connectivity index (χ0v) is 17.1. The van der Waals surface area contributed by atoms with Gasteiger partial charge in [-0.25, -0.2) is 0 Å². The minimum atomic E-state index is -0.822. The molecule has 158 valence electrons. The van der Waals surface area contributed by atoms with Crippen LogP contribution in [0.2, 0.25) is 5.02 Å². The molecule has 0 unspecified atom stereocenters. The first-order valence-electron chi connectivity index (χ1n) is 9.98. The minimum Gasteiger partial charge on any atom is -0.488 e. The van der Waals surface area contributed by atoms with E-state index in [1.54, 1.807) is 42.5 Å². The van der Waals surface area contributed by atoms with E-state index in [1.165, 1.54) is 4.90 Å². The second-order valence-electron chi connectivity index (χ2n) is 7.78. The highest BCUT2D eigenvalue weighted by molar-refractivity contribution is 6.34. The summed E-state index contributed by atoms with van der Waals surface area (Å²) in [7, 11) is 0. The lowest BCUT2D eigenvalue weighted by molar-refractivity contribution is -0.147. The Balaban J connectivity index is 1.49. The summed E-state index contributed by atoms with van der Waals surface area (Å²) in [6.07, 6.45) is 0.986. The average molecular weight is 440 g/mol. The fourth-order valence-electron chi connectivity index (χ4n) is 4.12. The summed E-state index contributed by atoms with van der Waals surface area (Å²) in [6, 6.07) is 12.0. The van der Waals surface area contributed by atoms with Crippen LogP contribution < -0.4 is 15.1 Å². The topological polar surface area (TPSA) is 97.1 Å². The Kier molecular flexibility index (Phi) is 4.70. The number of carbonyl (C=O) groups is 2. The SMILES string of the molecule is O=C(O)C1CC(Oc2ccccc2N2CCc3c(oc4c(Cl)cccc4c3=O)C2=O)C1. The summed E-state index contributed by atoms with van der Waals surface area (Å²) < 4.78 is 11.8. The van der Waals surface area contributed by atoms with Crippen LogP contribution in [-0.4, -0.2) is 29.6 Å². The highest BCUT2D eigenvalue weighted by Crippen LogP contribution is 2.37. The molecule has 31 heavy (non-hydrogen) atoms. The van der Waals surface area contributed by atoms with Crippen molar-refractivity contribution in [3.63, 3.8) is 0 Å². The smallest absolute Gasteiger partial charge is 0.306 e. The molecule has 2 heterocycles. The fraction of sp³-hybridized carbons (Fsp3) is 0.261. The first-order valence-corrected chi connectivity index (χ1v) is 10.4. The number of carboxylic acids is 1. The molecular formula is C23H18ClNO6. The van der Waals surface area contributed by atoms with Gasteiger partial charge in [0, 0.05) is 6.54 Å². The lowest BCUT2D eigenvalue weighted by Crippen LogP contribution is -2.41. The van der Waals surface area contributed by atoms with E-state index in [4.69, 9.17) is 25.9 Å². The van der Waals surface area contributed by atoms with Gasteiger partial charge in [0.15, 0.2) is 16.8 Å². The number of benzene rings is 2. The number of nitrogens with zero attached hydrogens (tertiary/aromatic N) is 1. The molecular weight excluding hydrogens is 422 g/mol. The van der Waals surface area contributed by atoms with Gasteiger partial charge in [-0.3, -0.25) is 14.4 Å². The number of amides is 1. The van der Waals surface area contributed by atoms with Crippen molar-refractivity contribution in [1.29, 1.82) is 0 Å². The predicted octanol–water partition coefficient (Wildman–Crippen LogP) is 3.89. The standard InChI is InChI=1S/C23H18ClNO6/c24-16-5-3-4-14-19(26)15-8-9-25(22(27)21(15)31-20(14)16)17-6-1-2-7-18(17)30-13-10-12(11-13)23(28)29/h1-7,12-13H,8-11H2,(H,28,29). The highest BCUT2D eigenvalue weighted by Gasteiger charge is 2.37. The molecule has 8 heteroatoms. The molecule has 1 N–H and O–H groups in total. The molecule has 0 saturated heterocycles. The Hall–Kier alpha value is -3.32. The van der Waals surface area contributed by atoms with Crippen LogP contribution in [-0.2, 0) is 11.2 Å². The Morgan fingerprint density at radius 2 is 1.90 bits per heavy atom. The van der Waals surface area contributed by atoms with Crippen molar-refractivity contribution in [2.24, 2.45) is 5.92 Å². The predicted molar refractivity (Wildman–Crippen MR) is 114 cm³/mol. The van der Waals surface area contributed by atoms with Gasteiger partial charge in [0.25, 0.3) is 5.91 Å². The normalized spacial score (nSPS) is 20.3. The molecule has 0 atom stereocenters. The maximum atomic E-state index is 13.3. The molecule has 0 spiro atoms. The second-order valence-corrected chi connectivity index (χ2v) is 8.18. The molecule has 1 aliphatic carbocycles. The molecule has 0 bridgehead atoms. The molecule has 2 aliphatic rings. The number of carbonyl (C=O) groups excluding carboxylic acids is 1. The average Bonchev–Trinajstić information content (AvgIpc) is 2.72. The van der Waals surface area contributed by atoms with Crippen molar-refractivity contribution in [3.8, 4) is 5.75 Å². The summed E-state index contributed by atoms with van der Waals surface area (Å²) >= 11 is 6.19. The van der Waals surface area contributed by atoms with E-state index in [0.29, 0.717) is 48.2 Å². The third kappa shape index (κ3) is 3.25. The molecule has 1 amide bonds. The van der Waals surface area contributed by atoms with Crippen LogP contribution >= 0.6 is 11.6 Å². The molecule has 5 rings (SSSR count). The quantitative estimate of drug-likeness (QED) is 0.662. The van der Waals surface area contributed by atoms with E-state index in [1.807, 2.05) is 0 Å². The summed E-state index contributed by atoms with van der Waals surface area (Å²) in [5.41, 5.74) is 0.851. The zero-order valence-electron chi connectivity index (χ0n) is 16.3. The van der Waals surface area contributed by atoms with Crippen LogP contribution in [0, 0.1) is 5.92 Å². The number of aliphatic carboxylic acids is 1. The highest BCUT2D eigenvalue weighted by atomic mass is 35.5. The molecule has 1 aliphatic heterocycles. The molecule has 1 saturated carbocycles. The van der Waals surface area contributed by atoms with E-state index < -0.39 is 17.8 Å². The van der Waals surface area contributed by atoms with Crippen LogP contribution in [0.4, 0.5) is 5.69 Å². The number of para-hydroxylation sites is 3. The van der Waals surface area contributed by atoms with Crippen molar-refractivity contribution in [3.05, 3.63) is 69.0 Å². The monoisotopic (exact) mass is 439 g/mol. The molecule has 7 nitrogen and oxygen atoms in total. The van der Waals surface area contributed by atoms with Crippen LogP contribution in [0.1, 0.15) is 29.0 Å².